The third-order valence-corrected chi connectivity index (χ3v) is 6.89. The van der Waals surface area contributed by atoms with Crippen molar-refractivity contribution >= 4 is 32.2 Å². The quantitative estimate of drug-likeness (QED) is 0.926. The van der Waals surface area contributed by atoms with E-state index in [4.69, 9.17) is 5.73 Å². The van der Waals surface area contributed by atoms with Crippen molar-refractivity contribution in [3.8, 4) is 0 Å². The summed E-state index contributed by atoms with van der Waals surface area (Å²) in [5, 5.41) is 0.719. The molecule has 2 heterocycles. The second-order valence-electron chi connectivity index (χ2n) is 6.40. The van der Waals surface area contributed by atoms with Crippen LogP contribution in [0.1, 0.15) is 34.1 Å². The van der Waals surface area contributed by atoms with Crippen LogP contribution in [-0.4, -0.2) is 31.6 Å². The standard InChI is InChI=1S/C13H23N3O2S2/c1-5-20(17,18)10-11(14)15-19-12(10)16-7-6-9(8-16)13(2,3)4/h9H,5-8H2,1-4H3,(H2,14,15). The van der Waals surface area contributed by atoms with Gasteiger partial charge >= 0.3 is 0 Å². The Balaban J connectivity index is 2.33. The lowest BCUT2D eigenvalue weighted by molar-refractivity contribution is 0.263. The van der Waals surface area contributed by atoms with Crippen LogP contribution in [0.4, 0.5) is 10.8 Å². The lowest BCUT2D eigenvalue weighted by Crippen LogP contribution is -2.26. The highest BCUT2D eigenvalue weighted by molar-refractivity contribution is 7.91. The van der Waals surface area contributed by atoms with Crippen LogP contribution in [0.25, 0.3) is 0 Å². The first kappa shape index (κ1) is 15.6. The van der Waals surface area contributed by atoms with Gasteiger partial charge in [-0.2, -0.15) is 4.37 Å². The van der Waals surface area contributed by atoms with E-state index in [9.17, 15) is 8.42 Å². The van der Waals surface area contributed by atoms with Gasteiger partial charge in [0, 0.05) is 13.1 Å². The van der Waals surface area contributed by atoms with E-state index < -0.39 is 9.84 Å². The van der Waals surface area contributed by atoms with Gasteiger partial charge < -0.3 is 10.6 Å². The molecule has 2 N–H and O–H groups in total. The van der Waals surface area contributed by atoms with Crippen molar-refractivity contribution in [3.63, 3.8) is 0 Å². The van der Waals surface area contributed by atoms with Crippen LogP contribution in [0.3, 0.4) is 0 Å². The van der Waals surface area contributed by atoms with Crippen LogP contribution < -0.4 is 10.6 Å². The third kappa shape index (κ3) is 2.79. The van der Waals surface area contributed by atoms with Crippen LogP contribution >= 0.6 is 11.5 Å². The lowest BCUT2D eigenvalue weighted by Gasteiger charge is -2.27. The average Bonchev–Trinajstić information content (AvgIpc) is 2.94. The Bertz CT molecular complexity index is 587. The van der Waals surface area contributed by atoms with Gasteiger partial charge in [0.1, 0.15) is 9.90 Å². The van der Waals surface area contributed by atoms with Crippen molar-refractivity contribution in [2.75, 3.05) is 29.5 Å². The zero-order valence-corrected chi connectivity index (χ0v) is 14.1. The van der Waals surface area contributed by atoms with Gasteiger partial charge in [-0.05, 0) is 29.3 Å². The van der Waals surface area contributed by atoms with Crippen LogP contribution in [0.2, 0.25) is 0 Å². The molecule has 114 valence electrons. The molecular weight excluding hydrogens is 294 g/mol. The number of nitrogens with two attached hydrogens (primary N) is 1. The van der Waals surface area contributed by atoms with Crippen molar-refractivity contribution in [1.82, 2.24) is 4.37 Å². The smallest absolute Gasteiger partial charge is 0.184 e. The van der Waals surface area contributed by atoms with Crippen LogP contribution in [-0.2, 0) is 9.84 Å². The Morgan fingerprint density at radius 3 is 2.60 bits per heavy atom. The number of rotatable bonds is 3. The number of nitrogen functional groups attached to an aromatic ring is 1. The van der Waals surface area contributed by atoms with Gasteiger partial charge in [0.2, 0.25) is 0 Å². The monoisotopic (exact) mass is 317 g/mol. The summed E-state index contributed by atoms with van der Waals surface area (Å²) in [6.45, 7) is 10.1. The van der Waals surface area contributed by atoms with Crippen molar-refractivity contribution in [2.24, 2.45) is 11.3 Å². The van der Waals surface area contributed by atoms with Crippen LogP contribution in [0.15, 0.2) is 4.90 Å². The molecule has 7 heteroatoms. The van der Waals surface area contributed by atoms with Crippen LogP contribution in [0, 0.1) is 11.3 Å². The first-order valence-corrected chi connectivity index (χ1v) is 9.32. The average molecular weight is 317 g/mol. The van der Waals surface area contributed by atoms with Crippen molar-refractivity contribution in [1.29, 1.82) is 0 Å². The van der Waals surface area contributed by atoms with Gasteiger partial charge in [0.05, 0.1) is 5.75 Å². The highest BCUT2D eigenvalue weighted by Crippen LogP contribution is 2.41. The summed E-state index contributed by atoms with van der Waals surface area (Å²) in [6.07, 6.45) is 1.08. The van der Waals surface area contributed by atoms with Crippen molar-refractivity contribution in [2.45, 2.75) is 39.0 Å². The molecule has 2 rings (SSSR count). The molecule has 0 bridgehead atoms. The summed E-state index contributed by atoms with van der Waals surface area (Å²) in [7, 11) is -3.33. The molecule has 1 unspecified atom stereocenters. The number of aromatic nitrogens is 1. The number of nitrogens with zero attached hydrogens (tertiary/aromatic N) is 2. The minimum absolute atomic E-state index is 0.0547. The number of anilines is 2. The van der Waals surface area contributed by atoms with Crippen LogP contribution in [0.5, 0.6) is 0 Å². The molecule has 0 aliphatic carbocycles. The number of hydrogen-bond acceptors (Lipinski definition) is 6. The lowest BCUT2D eigenvalue weighted by atomic mass is 9.80. The van der Waals surface area contributed by atoms with E-state index in [1.165, 1.54) is 11.5 Å². The fourth-order valence-electron chi connectivity index (χ4n) is 2.57. The summed E-state index contributed by atoms with van der Waals surface area (Å²) in [6, 6.07) is 0. The second-order valence-corrected chi connectivity index (χ2v) is 9.37. The maximum absolute atomic E-state index is 12.2. The Morgan fingerprint density at radius 1 is 1.45 bits per heavy atom. The molecule has 5 nitrogen and oxygen atoms in total. The Kier molecular flexibility index (Phi) is 4.03. The third-order valence-electron chi connectivity index (χ3n) is 4.05. The van der Waals surface area contributed by atoms with E-state index in [0.29, 0.717) is 5.92 Å². The molecule has 0 amide bonds. The van der Waals surface area contributed by atoms with Crippen molar-refractivity contribution in [3.05, 3.63) is 0 Å². The molecule has 0 spiro atoms. The Hall–Kier alpha value is -0.820. The van der Waals surface area contributed by atoms with E-state index in [2.05, 4.69) is 30.0 Å². The molecule has 1 aromatic heterocycles. The summed E-state index contributed by atoms with van der Waals surface area (Å²) < 4.78 is 28.5. The topological polar surface area (TPSA) is 76.3 Å². The molecular formula is C13H23N3O2S2. The van der Waals surface area contributed by atoms with Gasteiger partial charge in [0.25, 0.3) is 0 Å². The highest BCUT2D eigenvalue weighted by Gasteiger charge is 2.35. The largest absolute Gasteiger partial charge is 0.382 e. The summed E-state index contributed by atoms with van der Waals surface area (Å²) in [5.74, 6) is 0.758. The van der Waals surface area contributed by atoms with Gasteiger partial charge in [-0.15, -0.1) is 0 Å². The zero-order valence-electron chi connectivity index (χ0n) is 12.5. The van der Waals surface area contributed by atoms with Gasteiger partial charge in [0.15, 0.2) is 15.7 Å². The molecule has 1 aromatic rings. The highest BCUT2D eigenvalue weighted by atomic mass is 32.2. The predicted octanol–water partition coefficient (Wildman–Crippen LogP) is 2.39. The number of sulfone groups is 1. The van der Waals surface area contributed by atoms with Gasteiger partial charge in [-0.1, -0.05) is 27.7 Å². The fraction of sp³-hybridized carbons (Fsp3) is 0.769. The molecule has 0 aromatic carbocycles. The van der Waals surface area contributed by atoms with Gasteiger partial charge in [-0.25, -0.2) is 8.42 Å². The first-order valence-electron chi connectivity index (χ1n) is 6.89. The minimum Gasteiger partial charge on any atom is -0.382 e. The molecule has 0 saturated carbocycles. The maximum Gasteiger partial charge on any atom is 0.184 e. The molecule has 0 radical (unpaired) electrons. The molecule has 1 fully saturated rings. The number of hydrogen-bond donors (Lipinski definition) is 1. The zero-order chi connectivity index (χ0) is 15.1. The Labute approximate surface area is 125 Å². The van der Waals surface area contributed by atoms with Crippen molar-refractivity contribution < 1.29 is 8.42 Å². The van der Waals surface area contributed by atoms with E-state index in [1.54, 1.807) is 6.92 Å². The minimum atomic E-state index is -3.33. The summed E-state index contributed by atoms with van der Waals surface area (Å²) in [4.78, 5) is 2.37. The maximum atomic E-state index is 12.2. The molecule has 20 heavy (non-hydrogen) atoms. The SMILES string of the molecule is CCS(=O)(=O)c1c(N)nsc1N1CCC(C(C)(C)C)C1. The molecule has 1 saturated heterocycles. The van der Waals surface area contributed by atoms with E-state index in [-0.39, 0.29) is 21.9 Å². The second kappa shape index (κ2) is 5.18. The molecule has 1 aliphatic rings. The Morgan fingerprint density at radius 2 is 2.10 bits per heavy atom. The first-order chi connectivity index (χ1) is 9.16. The fourth-order valence-corrected chi connectivity index (χ4v) is 4.92. The van der Waals surface area contributed by atoms with E-state index >= 15 is 0 Å². The normalized spacial score (nSPS) is 20.6. The summed E-state index contributed by atoms with van der Waals surface area (Å²) in [5.41, 5.74) is 6.02. The van der Waals surface area contributed by atoms with E-state index in [1.807, 2.05) is 0 Å². The summed E-state index contributed by atoms with van der Waals surface area (Å²) >= 11 is 1.20. The molecule has 1 aliphatic heterocycles. The van der Waals surface area contributed by atoms with Gasteiger partial charge in [-0.3, -0.25) is 0 Å². The van der Waals surface area contributed by atoms with E-state index in [0.717, 1.165) is 24.5 Å². The predicted molar refractivity (Wildman–Crippen MR) is 84.0 cm³/mol. The molecule has 1 atom stereocenters.